The van der Waals surface area contributed by atoms with Gasteiger partial charge in [-0.1, -0.05) is 24.7 Å². The number of carbonyl (C=O) groups is 2. The number of rotatable bonds is 8. The lowest BCUT2D eigenvalue weighted by Crippen LogP contribution is -2.56. The van der Waals surface area contributed by atoms with E-state index < -0.39 is 14.8 Å². The number of hydrogen-bond donors (Lipinski definition) is 1. The highest BCUT2D eigenvalue weighted by Crippen LogP contribution is 2.33. The van der Waals surface area contributed by atoms with Crippen LogP contribution in [0.4, 0.5) is 5.69 Å². The van der Waals surface area contributed by atoms with Gasteiger partial charge >= 0.3 is 5.97 Å². The summed E-state index contributed by atoms with van der Waals surface area (Å²) in [5, 5.41) is 14.7. The first kappa shape index (κ1) is 29.4. The van der Waals surface area contributed by atoms with Crippen molar-refractivity contribution in [3.63, 3.8) is 0 Å². The smallest absolute Gasteiger partial charge is 0.303 e. The number of aryl methyl sites for hydroxylation is 2. The van der Waals surface area contributed by atoms with Crippen molar-refractivity contribution in [1.29, 1.82) is 0 Å². The molecule has 0 saturated heterocycles. The molecular weight excluding hydrogens is 551 g/mol. The molecule has 3 aromatic rings. The molecule has 3 aromatic carbocycles. The molecule has 1 amide bonds. The zero-order valence-corrected chi connectivity index (χ0v) is 27.0. The van der Waals surface area contributed by atoms with E-state index in [0.29, 0.717) is 18.5 Å². The summed E-state index contributed by atoms with van der Waals surface area (Å²) in [7, 11) is 0.718. The van der Waals surface area contributed by atoms with Gasteiger partial charge in [-0.3, -0.25) is 9.59 Å². The predicted octanol–water partition coefficient (Wildman–Crippen LogP) is 2.65. The first-order valence-corrected chi connectivity index (χ1v) is 17.9. The van der Waals surface area contributed by atoms with Crippen molar-refractivity contribution in [3.8, 4) is 0 Å². The van der Waals surface area contributed by atoms with Gasteiger partial charge in [0.05, 0.1) is 0 Å². The Morgan fingerprint density at radius 3 is 2.56 bits per heavy atom. The fraction of sp³-hybridized carbons (Fsp3) is 0.417. The van der Waals surface area contributed by atoms with Gasteiger partial charge in [-0.2, -0.15) is 0 Å². The van der Waals surface area contributed by atoms with Crippen LogP contribution in [-0.4, -0.2) is 70.5 Å². The average molecular weight is 594 g/mol. The van der Waals surface area contributed by atoms with E-state index in [1.54, 1.807) is 11.9 Å². The monoisotopic (exact) mass is 593 g/mol. The van der Waals surface area contributed by atoms with Gasteiger partial charge in [0, 0.05) is 62.4 Å². The summed E-state index contributed by atoms with van der Waals surface area (Å²) in [5.41, 5.74) is 8.32. The van der Waals surface area contributed by atoms with E-state index in [2.05, 4.69) is 60.2 Å². The van der Waals surface area contributed by atoms with E-state index in [9.17, 15) is 9.59 Å². The summed E-state index contributed by atoms with van der Waals surface area (Å²) in [6.07, 6.45) is 4.96. The third-order valence-corrected chi connectivity index (χ3v) is 12.1. The van der Waals surface area contributed by atoms with Crippen LogP contribution in [0.5, 0.6) is 0 Å². The topological polar surface area (TPSA) is 63.9 Å². The third kappa shape index (κ3) is 5.33. The Morgan fingerprint density at radius 1 is 1.00 bits per heavy atom. The maximum atomic E-state index is 14.0. The van der Waals surface area contributed by atoms with Crippen LogP contribution in [0.3, 0.4) is 0 Å². The quantitative estimate of drug-likeness (QED) is 0.322. The molecule has 0 aromatic heterocycles. The molecule has 6 rings (SSSR count). The number of hydrogen-bond acceptors (Lipinski definition) is 3. The SMILES string of the molecule is CCN1CCCc2cc3c(cc21)[Si](C)c1cc2c(cc1=C3c1ccccc1C(=O)N(C)CCCC(=O)O)CCC[N+]=2CC. The van der Waals surface area contributed by atoms with Gasteiger partial charge < -0.3 is 14.9 Å². The van der Waals surface area contributed by atoms with Crippen LogP contribution < -0.4 is 30.4 Å². The lowest BCUT2D eigenvalue weighted by Gasteiger charge is -2.34. The lowest BCUT2D eigenvalue weighted by atomic mass is 9.87. The first-order valence-electron chi connectivity index (χ1n) is 15.9. The van der Waals surface area contributed by atoms with Crippen LogP contribution in [0.15, 0.2) is 48.5 Å². The standard InChI is InChI=1S/C36H42N3O3Si/c1-5-38-18-9-12-24-20-28-32(22-30(24)38)43(4)33-23-31-25(13-10-19-39(31)6-2)21-29(33)35(28)26-14-7-8-15-27(26)36(42)37(3)17-11-16-34(40)41/h7-8,14-15,20-23H,5-6,9-13,16-19H2,1-4H3/p+1. The van der Waals surface area contributed by atoms with E-state index in [0.717, 1.165) is 57.4 Å². The molecule has 0 saturated carbocycles. The van der Waals surface area contributed by atoms with Crippen molar-refractivity contribution < 1.29 is 14.7 Å². The van der Waals surface area contributed by atoms with Crippen LogP contribution >= 0.6 is 0 Å². The average Bonchev–Trinajstić information content (AvgIpc) is 3.02. The number of carbonyl (C=O) groups excluding carboxylic acids is 1. The van der Waals surface area contributed by atoms with Gasteiger partial charge in [-0.05, 0) is 102 Å². The summed E-state index contributed by atoms with van der Waals surface area (Å²) >= 11 is 0. The highest BCUT2D eigenvalue weighted by atomic mass is 28.3. The molecule has 1 N–H and O–H groups in total. The van der Waals surface area contributed by atoms with E-state index >= 15 is 0 Å². The molecular formula is C36H43N3O3Si+. The first-order chi connectivity index (χ1) is 20.8. The summed E-state index contributed by atoms with van der Waals surface area (Å²) in [4.78, 5) is 29.3. The Kier molecular flexibility index (Phi) is 8.27. The molecule has 0 spiro atoms. The zero-order valence-electron chi connectivity index (χ0n) is 26.0. The second-order valence-electron chi connectivity index (χ2n) is 12.2. The van der Waals surface area contributed by atoms with Crippen molar-refractivity contribution in [2.45, 2.75) is 58.9 Å². The second kappa shape index (κ2) is 12.1. The Balaban J connectivity index is 1.61. The number of amides is 1. The molecule has 0 atom stereocenters. The third-order valence-electron chi connectivity index (χ3n) is 9.64. The van der Waals surface area contributed by atoms with Gasteiger partial charge in [-0.15, -0.1) is 0 Å². The molecule has 7 heteroatoms. The van der Waals surface area contributed by atoms with E-state index in [1.807, 2.05) is 18.2 Å². The Labute approximate surface area is 256 Å². The zero-order chi connectivity index (χ0) is 30.2. The molecule has 0 fully saturated rings. The Hall–Kier alpha value is -3.71. The second-order valence-corrected chi connectivity index (χ2v) is 14.5. The molecule has 43 heavy (non-hydrogen) atoms. The minimum Gasteiger partial charge on any atom is -0.481 e. The van der Waals surface area contributed by atoms with E-state index in [4.69, 9.17) is 5.11 Å². The van der Waals surface area contributed by atoms with E-state index in [-0.39, 0.29) is 12.3 Å². The van der Waals surface area contributed by atoms with Gasteiger partial charge in [0.1, 0.15) is 21.9 Å². The number of aliphatic carboxylic acids is 1. The fourth-order valence-electron chi connectivity index (χ4n) is 7.35. The molecule has 0 unspecified atom stereocenters. The highest BCUT2D eigenvalue weighted by molar-refractivity contribution is 6.85. The summed E-state index contributed by atoms with van der Waals surface area (Å²) in [5.74, 6) is -0.895. The minimum absolute atomic E-state index is 0.0540. The van der Waals surface area contributed by atoms with Crippen molar-refractivity contribution in [2.24, 2.45) is 0 Å². The summed E-state index contributed by atoms with van der Waals surface area (Å²) < 4.78 is 2.53. The van der Waals surface area contributed by atoms with Crippen molar-refractivity contribution in [2.75, 3.05) is 44.7 Å². The molecule has 3 aliphatic rings. The number of fused-ring (bicyclic) bond motifs is 4. The number of benzene rings is 3. The van der Waals surface area contributed by atoms with Gasteiger partial charge in [0.15, 0.2) is 0 Å². The summed E-state index contributed by atoms with van der Waals surface area (Å²) in [6, 6.07) is 17.9. The maximum absolute atomic E-state index is 14.0. The van der Waals surface area contributed by atoms with Crippen LogP contribution in [0.25, 0.3) is 5.57 Å². The molecule has 223 valence electrons. The number of nitrogens with zero attached hydrogens (tertiary/aromatic N) is 3. The molecule has 0 bridgehead atoms. The maximum Gasteiger partial charge on any atom is 0.303 e. The van der Waals surface area contributed by atoms with Crippen molar-refractivity contribution in [3.05, 3.63) is 86.9 Å². The molecule has 6 nitrogen and oxygen atoms in total. The summed E-state index contributed by atoms with van der Waals surface area (Å²) in [6.45, 7) is 11.6. The van der Waals surface area contributed by atoms with Gasteiger partial charge in [-0.25, -0.2) is 4.58 Å². The van der Waals surface area contributed by atoms with Crippen LogP contribution in [0, 0.1) is 0 Å². The van der Waals surface area contributed by atoms with Gasteiger partial charge in [0.2, 0.25) is 5.36 Å². The molecule has 3 heterocycles. The lowest BCUT2D eigenvalue weighted by molar-refractivity contribution is -0.137. The largest absolute Gasteiger partial charge is 0.481 e. The van der Waals surface area contributed by atoms with Crippen LogP contribution in [0.1, 0.15) is 72.1 Å². The van der Waals surface area contributed by atoms with Crippen LogP contribution in [-0.2, 0) is 17.6 Å². The number of carboxylic acids is 1. The molecule has 0 aliphatic carbocycles. The van der Waals surface area contributed by atoms with E-state index in [1.165, 1.54) is 48.9 Å². The van der Waals surface area contributed by atoms with Gasteiger partial charge in [0.25, 0.3) is 5.91 Å². The Morgan fingerprint density at radius 2 is 1.79 bits per heavy atom. The number of anilines is 1. The number of carboxylic acid groups (broad SMARTS) is 1. The minimum atomic E-state index is -1.07. The van der Waals surface area contributed by atoms with Crippen molar-refractivity contribution in [1.82, 2.24) is 9.48 Å². The highest BCUT2D eigenvalue weighted by Gasteiger charge is 2.32. The molecule has 1 radical (unpaired) electrons. The normalized spacial score (nSPS) is 15.9. The van der Waals surface area contributed by atoms with Crippen LogP contribution in [0.2, 0.25) is 6.55 Å². The Bertz CT molecular complexity index is 1730. The van der Waals surface area contributed by atoms with Crippen molar-refractivity contribution >= 4 is 42.3 Å². The molecule has 3 aliphatic heterocycles. The fourth-order valence-corrected chi connectivity index (χ4v) is 9.55. The predicted molar refractivity (Wildman–Crippen MR) is 176 cm³/mol.